The van der Waals surface area contributed by atoms with Gasteiger partial charge in [-0.05, 0) is 23.6 Å². The maximum atomic E-state index is 13.5. The number of nitrogens with zero attached hydrogens (tertiary/aromatic N) is 2. The van der Waals surface area contributed by atoms with Gasteiger partial charge >= 0.3 is 0 Å². The molecule has 4 nitrogen and oxygen atoms in total. The third-order valence-electron chi connectivity index (χ3n) is 4.31. The van der Waals surface area contributed by atoms with Crippen LogP contribution in [0.25, 0.3) is 11.3 Å². The third kappa shape index (κ3) is 3.00. The summed E-state index contributed by atoms with van der Waals surface area (Å²) < 4.78 is 18.9. The predicted molar refractivity (Wildman–Crippen MR) is 90.2 cm³/mol. The van der Waals surface area contributed by atoms with Crippen molar-refractivity contribution in [1.82, 2.24) is 10.1 Å². The molecule has 0 amide bonds. The Morgan fingerprint density at radius 2 is 2.25 bits per heavy atom. The Hall–Kier alpha value is -2.02. The molecule has 0 saturated carbocycles. The summed E-state index contributed by atoms with van der Waals surface area (Å²) >= 11 is 1.56. The van der Waals surface area contributed by atoms with Gasteiger partial charge in [0.05, 0.1) is 0 Å². The van der Waals surface area contributed by atoms with Crippen LogP contribution < -0.4 is 0 Å². The van der Waals surface area contributed by atoms with Crippen LogP contribution in [-0.4, -0.2) is 28.3 Å². The van der Waals surface area contributed by atoms with Crippen LogP contribution in [0.15, 0.2) is 46.3 Å². The monoisotopic (exact) mass is 344 g/mol. The molecule has 1 aliphatic heterocycles. The van der Waals surface area contributed by atoms with Gasteiger partial charge in [0, 0.05) is 42.1 Å². The summed E-state index contributed by atoms with van der Waals surface area (Å²) in [5.74, 6) is 0.571. The maximum absolute atomic E-state index is 13.5. The van der Waals surface area contributed by atoms with Gasteiger partial charge in [-0.25, -0.2) is 4.39 Å². The van der Waals surface area contributed by atoms with Crippen molar-refractivity contribution in [3.05, 3.63) is 63.8 Å². The van der Waals surface area contributed by atoms with Crippen molar-refractivity contribution < 1.29 is 14.0 Å². The first kappa shape index (κ1) is 15.5. The zero-order valence-electron chi connectivity index (χ0n) is 13.0. The van der Waals surface area contributed by atoms with Gasteiger partial charge < -0.3 is 9.63 Å². The smallest absolute Gasteiger partial charge is 0.143 e. The lowest BCUT2D eigenvalue weighted by Gasteiger charge is -2.27. The number of aromatic nitrogens is 1. The van der Waals surface area contributed by atoms with E-state index in [9.17, 15) is 9.50 Å². The molecule has 24 heavy (non-hydrogen) atoms. The summed E-state index contributed by atoms with van der Waals surface area (Å²) in [5, 5.41) is 16.5. The first-order valence-electron chi connectivity index (χ1n) is 7.88. The van der Waals surface area contributed by atoms with E-state index in [2.05, 4.69) is 10.1 Å². The Morgan fingerprint density at radius 3 is 3.04 bits per heavy atom. The minimum atomic E-state index is -0.496. The molecule has 0 unspecified atom stereocenters. The highest BCUT2D eigenvalue weighted by Crippen LogP contribution is 2.31. The molecule has 1 N–H and O–H groups in total. The topological polar surface area (TPSA) is 49.5 Å². The highest BCUT2D eigenvalue weighted by Gasteiger charge is 2.26. The molecular formula is C18H17FN2O2S. The Bertz CT molecular complexity index is 831. The van der Waals surface area contributed by atoms with Gasteiger partial charge in [-0.3, -0.25) is 4.90 Å². The molecule has 1 aromatic carbocycles. The van der Waals surface area contributed by atoms with Crippen LogP contribution in [0.2, 0.25) is 0 Å². The first-order chi connectivity index (χ1) is 11.7. The molecule has 1 aliphatic rings. The normalized spacial score (nSPS) is 16.1. The summed E-state index contributed by atoms with van der Waals surface area (Å²) in [6.45, 7) is 2.02. The van der Waals surface area contributed by atoms with Crippen molar-refractivity contribution in [3.63, 3.8) is 0 Å². The number of fused-ring (bicyclic) bond motifs is 1. The van der Waals surface area contributed by atoms with Gasteiger partial charge in [-0.2, -0.15) is 0 Å². The minimum Gasteiger partial charge on any atom is -0.386 e. The van der Waals surface area contributed by atoms with Crippen LogP contribution in [0.4, 0.5) is 4.39 Å². The molecule has 3 heterocycles. The van der Waals surface area contributed by atoms with E-state index in [4.69, 9.17) is 4.52 Å². The molecule has 0 radical (unpaired) electrons. The molecule has 0 aliphatic carbocycles. The molecule has 0 saturated heterocycles. The van der Waals surface area contributed by atoms with E-state index in [0.717, 1.165) is 34.7 Å². The van der Waals surface area contributed by atoms with Gasteiger partial charge in [-0.15, -0.1) is 11.3 Å². The fraction of sp³-hybridized carbons (Fsp3) is 0.278. The summed E-state index contributed by atoms with van der Waals surface area (Å²) in [4.78, 5) is 3.16. The van der Waals surface area contributed by atoms with E-state index in [1.807, 2.05) is 23.6 Å². The number of benzene rings is 1. The molecule has 3 aromatic rings. The van der Waals surface area contributed by atoms with Crippen LogP contribution in [0, 0.1) is 5.82 Å². The summed E-state index contributed by atoms with van der Waals surface area (Å²) in [6, 6.07) is 10.3. The van der Waals surface area contributed by atoms with Gasteiger partial charge in [0.2, 0.25) is 0 Å². The number of aliphatic hydroxyl groups is 1. The lowest BCUT2D eigenvalue weighted by atomic mass is 10.0. The minimum absolute atomic E-state index is 0.287. The Labute approximate surface area is 143 Å². The maximum Gasteiger partial charge on any atom is 0.143 e. The van der Waals surface area contributed by atoms with E-state index in [1.54, 1.807) is 17.4 Å². The van der Waals surface area contributed by atoms with E-state index in [0.29, 0.717) is 18.8 Å². The summed E-state index contributed by atoms with van der Waals surface area (Å²) in [5.41, 5.74) is 2.41. The fourth-order valence-corrected chi connectivity index (χ4v) is 3.80. The summed E-state index contributed by atoms with van der Waals surface area (Å²) in [7, 11) is 0. The largest absolute Gasteiger partial charge is 0.386 e. The second-order valence-electron chi connectivity index (χ2n) is 5.96. The van der Waals surface area contributed by atoms with Crippen molar-refractivity contribution in [2.24, 2.45) is 0 Å². The average Bonchev–Trinajstić information content (AvgIpc) is 3.24. The Morgan fingerprint density at radius 1 is 1.33 bits per heavy atom. The number of thiophene rings is 1. The quantitative estimate of drug-likeness (QED) is 0.785. The van der Waals surface area contributed by atoms with Crippen molar-refractivity contribution >= 4 is 11.3 Å². The first-order valence-corrected chi connectivity index (χ1v) is 8.76. The SMILES string of the molecule is O[C@@H](CN1CCc2onc(-c3cccc(F)c3)c2C1)c1cccs1. The predicted octanol–water partition coefficient (Wildman–Crippen LogP) is 3.63. The standard InChI is InChI=1S/C18H17FN2O2S/c19-13-4-1-3-12(9-13)18-14-10-21(7-6-16(14)23-20-18)11-15(22)17-5-2-8-24-17/h1-5,8-9,15,22H,6-7,10-11H2/t15-/m0/s1. The van der Waals surface area contributed by atoms with Crippen molar-refractivity contribution in [2.75, 3.05) is 13.1 Å². The summed E-state index contributed by atoms with van der Waals surface area (Å²) in [6.07, 6.45) is 0.249. The Kier molecular flexibility index (Phi) is 4.18. The number of β-amino-alcohol motifs (C(OH)–C–C–N with tert-alkyl or cyclic N) is 1. The molecule has 124 valence electrons. The molecule has 0 bridgehead atoms. The van der Waals surface area contributed by atoms with Crippen molar-refractivity contribution in [3.8, 4) is 11.3 Å². The fourth-order valence-electron chi connectivity index (χ4n) is 3.10. The zero-order valence-corrected chi connectivity index (χ0v) is 13.8. The second kappa shape index (κ2) is 6.47. The van der Waals surface area contributed by atoms with Crippen LogP contribution in [0.1, 0.15) is 22.3 Å². The number of halogens is 1. The lowest BCUT2D eigenvalue weighted by Crippen LogP contribution is -2.33. The van der Waals surface area contributed by atoms with Crippen molar-refractivity contribution in [1.29, 1.82) is 0 Å². The molecule has 0 spiro atoms. The number of hydrogen-bond acceptors (Lipinski definition) is 5. The van der Waals surface area contributed by atoms with E-state index >= 15 is 0 Å². The van der Waals surface area contributed by atoms with Crippen LogP contribution in [-0.2, 0) is 13.0 Å². The molecule has 4 rings (SSSR count). The highest BCUT2D eigenvalue weighted by atomic mass is 32.1. The Balaban J connectivity index is 1.55. The molecule has 1 atom stereocenters. The van der Waals surface area contributed by atoms with Crippen LogP contribution >= 0.6 is 11.3 Å². The van der Waals surface area contributed by atoms with E-state index in [-0.39, 0.29) is 5.82 Å². The van der Waals surface area contributed by atoms with Gasteiger partial charge in [0.25, 0.3) is 0 Å². The van der Waals surface area contributed by atoms with Crippen LogP contribution in [0.3, 0.4) is 0 Å². The number of hydrogen-bond donors (Lipinski definition) is 1. The molecule has 0 fully saturated rings. The van der Waals surface area contributed by atoms with Crippen molar-refractivity contribution in [2.45, 2.75) is 19.1 Å². The van der Waals surface area contributed by atoms with E-state index in [1.165, 1.54) is 12.1 Å². The average molecular weight is 344 g/mol. The van der Waals surface area contributed by atoms with E-state index < -0.39 is 6.10 Å². The highest BCUT2D eigenvalue weighted by molar-refractivity contribution is 7.10. The van der Waals surface area contributed by atoms with Crippen LogP contribution in [0.5, 0.6) is 0 Å². The van der Waals surface area contributed by atoms with Gasteiger partial charge in [0.1, 0.15) is 23.4 Å². The van der Waals surface area contributed by atoms with Gasteiger partial charge in [-0.1, -0.05) is 23.4 Å². The third-order valence-corrected chi connectivity index (χ3v) is 5.28. The molecule has 2 aromatic heterocycles. The zero-order chi connectivity index (χ0) is 16.5. The molecular weight excluding hydrogens is 327 g/mol. The number of aliphatic hydroxyl groups excluding tert-OH is 1. The van der Waals surface area contributed by atoms with Gasteiger partial charge in [0.15, 0.2) is 0 Å². The lowest BCUT2D eigenvalue weighted by molar-refractivity contribution is 0.106. The second-order valence-corrected chi connectivity index (χ2v) is 6.94. The molecule has 6 heteroatoms. The number of rotatable bonds is 4.